The fourth-order valence-electron chi connectivity index (χ4n) is 3.37. The topological polar surface area (TPSA) is 74.8 Å². The number of aromatic amines is 1. The Balaban J connectivity index is 2.20. The molecule has 0 fully saturated rings. The molecule has 5 nitrogen and oxygen atoms in total. The van der Waals surface area contributed by atoms with E-state index in [0.29, 0.717) is 16.5 Å². The quantitative estimate of drug-likeness (QED) is 0.488. The van der Waals surface area contributed by atoms with Crippen molar-refractivity contribution in [3.63, 3.8) is 0 Å². The van der Waals surface area contributed by atoms with Gasteiger partial charge in [-0.3, -0.25) is 19.9 Å². The van der Waals surface area contributed by atoms with Crippen LogP contribution in [0.15, 0.2) is 42.7 Å². The molecule has 0 bridgehead atoms. The van der Waals surface area contributed by atoms with Crippen LogP contribution in [-0.4, -0.2) is 21.8 Å². The zero-order valence-electron chi connectivity index (χ0n) is 11.3. The highest BCUT2D eigenvalue weighted by atomic mass is 16.2. The fourth-order valence-corrected chi connectivity index (χ4v) is 3.37. The number of pyridine rings is 1. The van der Waals surface area contributed by atoms with Crippen LogP contribution in [-0.2, 0) is 0 Å². The number of nitrogens with one attached hydrogen (secondary N) is 2. The van der Waals surface area contributed by atoms with E-state index in [1.54, 1.807) is 12.4 Å². The first-order chi connectivity index (χ1) is 10.8. The van der Waals surface area contributed by atoms with E-state index < -0.39 is 0 Å². The van der Waals surface area contributed by atoms with E-state index in [9.17, 15) is 9.59 Å². The normalized spacial score (nSPS) is 14.0. The molecule has 2 aromatic heterocycles. The summed E-state index contributed by atoms with van der Waals surface area (Å²) in [6.07, 6.45) is 3.33. The number of aromatic nitrogens is 2. The molecule has 0 aliphatic carbocycles. The molecular weight excluding hydrogens is 278 g/mol. The van der Waals surface area contributed by atoms with Crippen molar-refractivity contribution in [2.24, 2.45) is 0 Å². The molecule has 104 valence electrons. The Labute approximate surface area is 124 Å². The Hall–Kier alpha value is -3.21. The Morgan fingerprint density at radius 2 is 1.68 bits per heavy atom. The first kappa shape index (κ1) is 11.4. The van der Waals surface area contributed by atoms with Crippen LogP contribution in [0.3, 0.4) is 0 Å². The average Bonchev–Trinajstić information content (AvgIpc) is 3.05. The van der Waals surface area contributed by atoms with E-state index in [0.717, 1.165) is 27.2 Å². The maximum atomic E-state index is 12.3. The number of rotatable bonds is 0. The summed E-state index contributed by atoms with van der Waals surface area (Å²) >= 11 is 0. The van der Waals surface area contributed by atoms with E-state index in [-0.39, 0.29) is 11.8 Å². The summed E-state index contributed by atoms with van der Waals surface area (Å²) in [6.45, 7) is 0. The van der Waals surface area contributed by atoms with Crippen molar-refractivity contribution in [1.82, 2.24) is 15.3 Å². The van der Waals surface area contributed by atoms with Crippen molar-refractivity contribution >= 4 is 44.4 Å². The van der Waals surface area contributed by atoms with Gasteiger partial charge in [0.05, 0.1) is 16.6 Å². The lowest BCUT2D eigenvalue weighted by Crippen LogP contribution is -2.20. The van der Waals surface area contributed by atoms with Gasteiger partial charge in [-0.15, -0.1) is 0 Å². The number of carbonyl (C=O) groups is 2. The number of nitrogens with zero attached hydrogens (tertiary/aromatic N) is 1. The lowest BCUT2D eigenvalue weighted by atomic mass is 9.96. The number of benzene rings is 2. The summed E-state index contributed by atoms with van der Waals surface area (Å²) in [7, 11) is 0. The van der Waals surface area contributed by atoms with E-state index in [2.05, 4.69) is 15.3 Å². The van der Waals surface area contributed by atoms with Crippen LogP contribution in [0.2, 0.25) is 0 Å². The minimum atomic E-state index is -0.356. The van der Waals surface area contributed by atoms with Crippen LogP contribution in [0.4, 0.5) is 0 Å². The van der Waals surface area contributed by atoms with Gasteiger partial charge in [0.25, 0.3) is 11.8 Å². The summed E-state index contributed by atoms with van der Waals surface area (Å²) in [5.41, 5.74) is 2.67. The third-order valence-electron chi connectivity index (χ3n) is 4.25. The molecule has 0 radical (unpaired) electrons. The van der Waals surface area contributed by atoms with Gasteiger partial charge < -0.3 is 4.98 Å². The highest BCUT2D eigenvalue weighted by molar-refractivity contribution is 6.36. The second-order valence-electron chi connectivity index (χ2n) is 5.38. The molecule has 3 heterocycles. The van der Waals surface area contributed by atoms with E-state index in [1.165, 1.54) is 0 Å². The van der Waals surface area contributed by atoms with Gasteiger partial charge in [-0.05, 0) is 12.1 Å². The predicted molar refractivity (Wildman–Crippen MR) is 82.9 cm³/mol. The van der Waals surface area contributed by atoms with Gasteiger partial charge in [0.2, 0.25) is 0 Å². The molecule has 22 heavy (non-hydrogen) atoms. The van der Waals surface area contributed by atoms with Crippen LogP contribution in [0.1, 0.15) is 20.7 Å². The summed E-state index contributed by atoms with van der Waals surface area (Å²) < 4.78 is 0. The van der Waals surface area contributed by atoms with Crippen LogP contribution in [0.5, 0.6) is 0 Å². The van der Waals surface area contributed by atoms with Crippen molar-refractivity contribution in [1.29, 1.82) is 0 Å². The third kappa shape index (κ3) is 1.21. The van der Waals surface area contributed by atoms with Gasteiger partial charge in [-0.1, -0.05) is 18.2 Å². The molecule has 2 N–H and O–H groups in total. The molecule has 5 rings (SSSR count). The smallest absolute Gasteiger partial charge is 0.259 e. The minimum Gasteiger partial charge on any atom is -0.354 e. The molecule has 0 spiro atoms. The second kappa shape index (κ2) is 3.71. The first-order valence-corrected chi connectivity index (χ1v) is 6.91. The lowest BCUT2D eigenvalue weighted by molar-refractivity contribution is 0.0880. The third-order valence-corrected chi connectivity index (χ3v) is 4.25. The number of para-hydroxylation sites is 1. The Morgan fingerprint density at radius 3 is 2.59 bits per heavy atom. The largest absolute Gasteiger partial charge is 0.354 e. The van der Waals surface area contributed by atoms with Gasteiger partial charge >= 0.3 is 0 Å². The molecule has 0 saturated heterocycles. The fraction of sp³-hybridized carbons (Fsp3) is 0. The monoisotopic (exact) mass is 287 g/mol. The van der Waals surface area contributed by atoms with Crippen LogP contribution in [0.25, 0.3) is 32.6 Å². The number of H-pyrrole nitrogens is 1. The highest BCUT2D eigenvalue weighted by Gasteiger charge is 2.33. The van der Waals surface area contributed by atoms with E-state index in [1.807, 2.05) is 30.3 Å². The lowest BCUT2D eigenvalue weighted by Gasteiger charge is -2.05. The minimum absolute atomic E-state index is 0.347. The Morgan fingerprint density at radius 1 is 0.864 bits per heavy atom. The molecule has 2 amide bonds. The Kier molecular flexibility index (Phi) is 1.93. The molecule has 4 aromatic rings. The van der Waals surface area contributed by atoms with Gasteiger partial charge in [0, 0.05) is 39.5 Å². The molecule has 0 atom stereocenters. The summed E-state index contributed by atoms with van der Waals surface area (Å²) in [5, 5.41) is 5.73. The molecule has 0 saturated carbocycles. The van der Waals surface area contributed by atoms with Crippen LogP contribution < -0.4 is 5.32 Å². The zero-order valence-corrected chi connectivity index (χ0v) is 11.3. The maximum Gasteiger partial charge on any atom is 0.259 e. The van der Waals surface area contributed by atoms with Crippen molar-refractivity contribution in [2.75, 3.05) is 0 Å². The van der Waals surface area contributed by atoms with E-state index in [4.69, 9.17) is 0 Å². The average molecular weight is 287 g/mol. The van der Waals surface area contributed by atoms with Crippen molar-refractivity contribution < 1.29 is 9.59 Å². The van der Waals surface area contributed by atoms with Gasteiger partial charge in [0.15, 0.2) is 0 Å². The van der Waals surface area contributed by atoms with Crippen molar-refractivity contribution in [3.8, 4) is 0 Å². The van der Waals surface area contributed by atoms with Crippen LogP contribution >= 0.6 is 0 Å². The predicted octanol–water partition coefficient (Wildman–Crippen LogP) is 2.75. The summed E-state index contributed by atoms with van der Waals surface area (Å²) in [4.78, 5) is 32.0. The summed E-state index contributed by atoms with van der Waals surface area (Å²) in [5.74, 6) is -0.703. The summed E-state index contributed by atoms with van der Waals surface area (Å²) in [6, 6.07) is 9.64. The number of fused-ring (bicyclic) bond motifs is 8. The highest BCUT2D eigenvalue weighted by Crippen LogP contribution is 2.38. The molecule has 1 aliphatic heterocycles. The number of carbonyl (C=O) groups excluding carboxylic acids is 2. The molecule has 0 unspecified atom stereocenters. The maximum absolute atomic E-state index is 12.3. The number of hydrogen-bond donors (Lipinski definition) is 2. The Bertz CT molecular complexity index is 1140. The standard InChI is InChI=1S/C17H9N3O2/c21-16-13-10-7-18-6-5-8(10)15-12(14(13)17(22)20-16)9-3-1-2-4-11(9)19-15/h1-7,19H,(H,20,21,22). The first-order valence-electron chi connectivity index (χ1n) is 6.91. The van der Waals surface area contributed by atoms with Gasteiger partial charge in [0.1, 0.15) is 0 Å². The SMILES string of the molecule is O=C1NC(=O)c2c1c1cnccc1c1[nH]c3ccccc3c21. The number of hydrogen-bond acceptors (Lipinski definition) is 3. The number of imide groups is 1. The zero-order chi connectivity index (χ0) is 14.8. The second-order valence-corrected chi connectivity index (χ2v) is 5.38. The van der Waals surface area contributed by atoms with Crippen molar-refractivity contribution in [2.45, 2.75) is 0 Å². The van der Waals surface area contributed by atoms with Crippen LogP contribution in [0, 0.1) is 0 Å². The molecule has 5 heteroatoms. The van der Waals surface area contributed by atoms with Crippen molar-refractivity contribution in [3.05, 3.63) is 53.9 Å². The van der Waals surface area contributed by atoms with Gasteiger partial charge in [-0.25, -0.2) is 0 Å². The number of amides is 2. The van der Waals surface area contributed by atoms with E-state index >= 15 is 0 Å². The molecule has 1 aliphatic rings. The van der Waals surface area contributed by atoms with Gasteiger partial charge in [-0.2, -0.15) is 0 Å². The molecule has 2 aromatic carbocycles. The molecular formula is C17H9N3O2.